The van der Waals surface area contributed by atoms with Crippen molar-refractivity contribution in [2.75, 3.05) is 0 Å². The summed E-state index contributed by atoms with van der Waals surface area (Å²) in [4.78, 5) is 14.5. The maximum atomic E-state index is 12.8. The molecule has 0 unspecified atom stereocenters. The molecule has 0 aliphatic rings. The van der Waals surface area contributed by atoms with Crippen molar-refractivity contribution in [1.29, 1.82) is 0 Å². The predicted octanol–water partition coefficient (Wildman–Crippen LogP) is 3.66. The van der Waals surface area contributed by atoms with Crippen molar-refractivity contribution in [3.63, 3.8) is 0 Å². The number of halogens is 7. The molecule has 0 fully saturated rings. The summed E-state index contributed by atoms with van der Waals surface area (Å²) >= 11 is 2.82. The van der Waals surface area contributed by atoms with Crippen molar-refractivity contribution in [3.05, 3.63) is 40.1 Å². The van der Waals surface area contributed by atoms with Crippen LogP contribution in [-0.2, 0) is 17.1 Å². The van der Waals surface area contributed by atoms with E-state index in [1.54, 1.807) is 0 Å². The van der Waals surface area contributed by atoms with Crippen LogP contribution in [0.1, 0.15) is 11.1 Å². The molecule has 134 valence electrons. The largest absolute Gasteiger partial charge is 0.416 e. The third-order valence-electron chi connectivity index (χ3n) is 2.84. The summed E-state index contributed by atoms with van der Waals surface area (Å²) < 4.78 is 77.8. The van der Waals surface area contributed by atoms with Gasteiger partial charge in [-0.2, -0.15) is 26.3 Å². The fraction of sp³-hybridized carbons (Fsp3) is 0.154. The van der Waals surface area contributed by atoms with Gasteiger partial charge in [0.1, 0.15) is 10.8 Å². The highest BCUT2D eigenvalue weighted by Gasteiger charge is 2.37. The number of amides is 1. The first kappa shape index (κ1) is 19.0. The van der Waals surface area contributed by atoms with Crippen LogP contribution < -0.4 is 5.73 Å². The Bertz CT molecular complexity index is 808. The fourth-order valence-corrected chi connectivity index (χ4v) is 1.94. The van der Waals surface area contributed by atoms with E-state index in [1.165, 1.54) is 0 Å². The monoisotopic (exact) mass is 428 g/mol. The van der Waals surface area contributed by atoms with Gasteiger partial charge in [0.15, 0.2) is 5.82 Å². The summed E-state index contributed by atoms with van der Waals surface area (Å²) in [7, 11) is 0. The van der Waals surface area contributed by atoms with Gasteiger partial charge in [0, 0.05) is 5.56 Å². The maximum Gasteiger partial charge on any atom is 0.416 e. The van der Waals surface area contributed by atoms with E-state index in [1.807, 2.05) is 0 Å². The summed E-state index contributed by atoms with van der Waals surface area (Å²) in [6.45, 7) is 0. The second-order valence-corrected chi connectivity index (χ2v) is 5.54. The molecule has 2 rings (SSSR count). The number of carbonyl (C=O) groups excluding carboxylic acids is 1. The van der Waals surface area contributed by atoms with Crippen molar-refractivity contribution in [2.24, 2.45) is 5.73 Å². The molecule has 2 aromatic rings. The van der Waals surface area contributed by atoms with Crippen molar-refractivity contribution >= 4 is 28.0 Å². The highest BCUT2D eigenvalue weighted by Crippen LogP contribution is 2.38. The lowest BCUT2D eigenvalue weighted by Crippen LogP contribution is -2.11. The Morgan fingerprint density at radius 1 is 1.08 bits per heavy atom. The summed E-state index contributed by atoms with van der Waals surface area (Å²) in [6, 6.07) is 1.01. The van der Waals surface area contributed by atoms with E-state index >= 15 is 0 Å². The number of carbonyl (C=O) groups is 1. The molecular formula is C13H7BrF6N4O. The van der Waals surface area contributed by atoms with Crippen LogP contribution >= 0.6 is 15.9 Å². The van der Waals surface area contributed by atoms with Gasteiger partial charge in [0.25, 0.3) is 5.91 Å². The van der Waals surface area contributed by atoms with Crippen LogP contribution in [0.25, 0.3) is 17.6 Å². The van der Waals surface area contributed by atoms with Gasteiger partial charge >= 0.3 is 12.4 Å². The second kappa shape index (κ2) is 6.50. The van der Waals surface area contributed by atoms with E-state index in [4.69, 9.17) is 5.73 Å². The zero-order valence-corrected chi connectivity index (χ0v) is 13.4. The summed E-state index contributed by atoms with van der Waals surface area (Å²) in [5, 5.41) is 3.71. The Labute approximate surface area is 144 Å². The number of rotatable bonds is 3. The van der Waals surface area contributed by atoms with E-state index < -0.39 is 40.8 Å². The van der Waals surface area contributed by atoms with Crippen LogP contribution in [0, 0.1) is 0 Å². The lowest BCUT2D eigenvalue weighted by molar-refractivity contribution is -0.143. The Balaban J connectivity index is 2.54. The summed E-state index contributed by atoms with van der Waals surface area (Å²) in [5.41, 5.74) is 1.52. The van der Waals surface area contributed by atoms with Gasteiger partial charge < -0.3 is 5.73 Å². The topological polar surface area (TPSA) is 73.8 Å². The van der Waals surface area contributed by atoms with Crippen LogP contribution in [0.4, 0.5) is 26.3 Å². The minimum atomic E-state index is -4.98. The molecule has 1 amide bonds. The number of primary amides is 1. The van der Waals surface area contributed by atoms with Gasteiger partial charge in [-0.1, -0.05) is 0 Å². The first-order valence-electron chi connectivity index (χ1n) is 6.26. The third-order valence-corrected chi connectivity index (χ3v) is 3.43. The van der Waals surface area contributed by atoms with Crippen molar-refractivity contribution in [1.82, 2.24) is 14.8 Å². The first-order chi connectivity index (χ1) is 11.4. The molecule has 0 saturated carbocycles. The molecule has 12 heteroatoms. The molecule has 0 spiro atoms. The van der Waals surface area contributed by atoms with Crippen molar-refractivity contribution in [2.45, 2.75) is 12.4 Å². The van der Waals surface area contributed by atoms with Gasteiger partial charge in [0.05, 0.1) is 17.3 Å². The van der Waals surface area contributed by atoms with Crippen molar-refractivity contribution < 1.29 is 31.1 Å². The molecule has 25 heavy (non-hydrogen) atoms. The normalized spacial score (nSPS) is 13.2. The van der Waals surface area contributed by atoms with E-state index in [0.717, 1.165) is 17.2 Å². The average molecular weight is 429 g/mol. The second-order valence-electron chi connectivity index (χ2n) is 4.68. The number of alkyl halides is 6. The summed E-state index contributed by atoms with van der Waals surface area (Å²) in [6.07, 6.45) is -7.91. The zero-order chi connectivity index (χ0) is 19.0. The average Bonchev–Trinajstić information content (AvgIpc) is 2.93. The van der Waals surface area contributed by atoms with Gasteiger partial charge in [0.2, 0.25) is 0 Å². The third kappa shape index (κ3) is 4.59. The number of nitrogens with two attached hydrogens (primary N) is 1. The van der Waals surface area contributed by atoms with E-state index in [9.17, 15) is 31.1 Å². The number of hydrogen-bond acceptors (Lipinski definition) is 3. The number of benzene rings is 1. The highest BCUT2D eigenvalue weighted by molar-refractivity contribution is 9.12. The maximum absolute atomic E-state index is 12.8. The Morgan fingerprint density at radius 3 is 2.04 bits per heavy atom. The van der Waals surface area contributed by atoms with Crippen molar-refractivity contribution in [3.8, 4) is 11.4 Å². The Morgan fingerprint density at radius 2 is 1.60 bits per heavy atom. The lowest BCUT2D eigenvalue weighted by Gasteiger charge is -2.13. The van der Waals surface area contributed by atoms with Crippen LogP contribution in [0.3, 0.4) is 0 Å². The van der Waals surface area contributed by atoms with Gasteiger partial charge in [-0.25, -0.2) is 9.67 Å². The van der Waals surface area contributed by atoms with Crippen LogP contribution in [0.2, 0.25) is 0 Å². The zero-order valence-electron chi connectivity index (χ0n) is 11.9. The molecule has 5 nitrogen and oxygen atoms in total. The first-order valence-corrected chi connectivity index (χ1v) is 7.05. The van der Waals surface area contributed by atoms with Crippen LogP contribution in [0.15, 0.2) is 29.0 Å². The predicted molar refractivity (Wildman–Crippen MR) is 77.9 cm³/mol. The molecule has 2 N–H and O–H groups in total. The molecule has 1 aromatic carbocycles. The molecule has 1 aromatic heterocycles. The van der Waals surface area contributed by atoms with E-state index in [0.29, 0.717) is 12.1 Å². The SMILES string of the molecule is NC(=O)/C(Br)=C/n1cnc(-c2cc(C(F)(F)F)cc(C(F)(F)F)c2)n1. The molecule has 0 bridgehead atoms. The van der Waals surface area contributed by atoms with E-state index in [2.05, 4.69) is 26.0 Å². The summed E-state index contributed by atoms with van der Waals surface area (Å²) in [5.74, 6) is -1.24. The van der Waals surface area contributed by atoms with Crippen LogP contribution in [-0.4, -0.2) is 20.7 Å². The molecule has 0 aliphatic carbocycles. The Kier molecular flexibility index (Phi) is 4.93. The fourth-order valence-electron chi connectivity index (χ4n) is 1.73. The van der Waals surface area contributed by atoms with Gasteiger partial charge in [-0.3, -0.25) is 4.79 Å². The Hall–Kier alpha value is -2.37. The minimum absolute atomic E-state index is 0.00404. The smallest absolute Gasteiger partial charge is 0.365 e. The molecule has 0 aliphatic heterocycles. The highest BCUT2D eigenvalue weighted by atomic mass is 79.9. The minimum Gasteiger partial charge on any atom is -0.365 e. The van der Waals surface area contributed by atoms with Gasteiger partial charge in [-0.05, 0) is 34.1 Å². The molecule has 0 radical (unpaired) electrons. The van der Waals surface area contributed by atoms with Crippen LogP contribution in [0.5, 0.6) is 0 Å². The van der Waals surface area contributed by atoms with Gasteiger partial charge in [-0.15, -0.1) is 5.10 Å². The number of aromatic nitrogens is 3. The molecule has 0 saturated heterocycles. The lowest BCUT2D eigenvalue weighted by atomic mass is 10.0. The number of hydrogen-bond donors (Lipinski definition) is 1. The molecular weight excluding hydrogens is 422 g/mol. The molecule has 0 atom stereocenters. The standard InChI is InChI=1S/C13H7BrF6N4O/c14-9(10(21)25)4-24-5-22-11(23-24)6-1-7(12(15,16)17)3-8(2-6)13(18,19)20/h1-5H,(H2,21,25)/b9-4-. The number of nitrogens with zero attached hydrogens (tertiary/aromatic N) is 3. The molecule has 1 heterocycles. The van der Waals surface area contributed by atoms with E-state index in [-0.39, 0.29) is 10.5 Å². The quantitative estimate of drug-likeness (QED) is 0.598.